The Morgan fingerprint density at radius 1 is 0.571 bits per heavy atom. The van der Waals surface area contributed by atoms with Gasteiger partial charge in [0.15, 0.2) is 0 Å². The molecule has 10 unspecified atom stereocenters. The molecule has 5 saturated carbocycles. The lowest BCUT2D eigenvalue weighted by Crippen LogP contribution is -2.41. The van der Waals surface area contributed by atoms with Gasteiger partial charge in [-0.1, -0.05) is 112 Å². The molecule has 0 bridgehead atoms. The summed E-state index contributed by atoms with van der Waals surface area (Å²) in [6.07, 6.45) is 29.0. The van der Waals surface area contributed by atoms with E-state index in [2.05, 4.69) is 34.6 Å². The highest BCUT2D eigenvalue weighted by molar-refractivity contribution is 4.96. The maximum atomic E-state index is 2.60. The van der Waals surface area contributed by atoms with Crippen LogP contribution in [0.3, 0.4) is 0 Å². The van der Waals surface area contributed by atoms with Crippen LogP contribution in [0, 0.1) is 65.1 Å². The second-order valence-electron chi connectivity index (χ2n) is 14.8. The second-order valence-corrected chi connectivity index (χ2v) is 14.8. The molecule has 35 heavy (non-hydrogen) atoms. The van der Waals surface area contributed by atoms with E-state index in [1.807, 2.05) is 0 Å². The molecule has 0 heteroatoms. The molecule has 5 fully saturated rings. The van der Waals surface area contributed by atoms with Crippen molar-refractivity contribution in [1.29, 1.82) is 0 Å². The van der Waals surface area contributed by atoms with Gasteiger partial charge in [-0.25, -0.2) is 0 Å². The summed E-state index contributed by atoms with van der Waals surface area (Å²) in [6.45, 7) is 12.3. The van der Waals surface area contributed by atoms with Gasteiger partial charge in [0.25, 0.3) is 0 Å². The van der Waals surface area contributed by atoms with Crippen molar-refractivity contribution in [2.24, 2.45) is 65.1 Å². The van der Waals surface area contributed by atoms with Gasteiger partial charge < -0.3 is 0 Å². The Morgan fingerprint density at radius 3 is 1.97 bits per heavy atom. The summed E-state index contributed by atoms with van der Waals surface area (Å²) in [5.74, 6) is 11.8. The van der Waals surface area contributed by atoms with Crippen LogP contribution in [-0.4, -0.2) is 0 Å². The van der Waals surface area contributed by atoms with Crippen LogP contribution in [0.5, 0.6) is 0 Å². The van der Waals surface area contributed by atoms with E-state index in [1.165, 1.54) is 77.0 Å². The summed E-state index contributed by atoms with van der Waals surface area (Å²) in [5.41, 5.74) is 0. The predicted octanol–water partition coefficient (Wildman–Crippen LogP) is 11.3. The van der Waals surface area contributed by atoms with Crippen LogP contribution in [0.4, 0.5) is 0 Å². The van der Waals surface area contributed by atoms with E-state index in [0.717, 1.165) is 65.1 Å². The molecule has 0 saturated heterocycles. The van der Waals surface area contributed by atoms with Crippen molar-refractivity contribution in [2.75, 3.05) is 0 Å². The minimum atomic E-state index is 1.01. The Labute approximate surface area is 221 Å². The summed E-state index contributed by atoms with van der Waals surface area (Å²) < 4.78 is 0. The maximum Gasteiger partial charge on any atom is -0.0324 e. The van der Waals surface area contributed by atoms with Crippen molar-refractivity contribution < 1.29 is 0 Å². The van der Waals surface area contributed by atoms with Gasteiger partial charge in [-0.15, -0.1) is 0 Å². The average molecular weight is 485 g/mol. The van der Waals surface area contributed by atoms with Gasteiger partial charge in [0.1, 0.15) is 0 Å². The number of fused-ring (bicyclic) bond motifs is 1. The largest absolute Gasteiger partial charge is 0.0654 e. The normalized spacial score (nSPS) is 44.5. The first-order valence-electron chi connectivity index (χ1n) is 17.0. The van der Waals surface area contributed by atoms with Gasteiger partial charge in [-0.05, 0) is 110 Å². The molecule has 0 heterocycles. The fourth-order valence-electron chi connectivity index (χ4n) is 10.6. The zero-order valence-corrected chi connectivity index (χ0v) is 24.8. The highest BCUT2D eigenvalue weighted by Crippen LogP contribution is 2.56. The lowest BCUT2D eigenvalue weighted by Gasteiger charge is -2.49. The maximum absolute atomic E-state index is 2.60. The number of hydrogen-bond donors (Lipinski definition) is 0. The summed E-state index contributed by atoms with van der Waals surface area (Å²) >= 11 is 0. The molecule has 0 aromatic heterocycles. The molecule has 0 radical (unpaired) electrons. The van der Waals surface area contributed by atoms with E-state index in [0.29, 0.717) is 0 Å². The average Bonchev–Trinajstić information content (AvgIpc) is 3.52. The topological polar surface area (TPSA) is 0 Å². The summed E-state index contributed by atoms with van der Waals surface area (Å²) in [5, 5.41) is 0. The van der Waals surface area contributed by atoms with Crippen LogP contribution < -0.4 is 0 Å². The van der Waals surface area contributed by atoms with Crippen LogP contribution in [0.2, 0.25) is 0 Å². The fourth-order valence-corrected chi connectivity index (χ4v) is 10.6. The lowest BCUT2D eigenvalue weighted by atomic mass is 9.56. The van der Waals surface area contributed by atoms with Crippen LogP contribution in [0.15, 0.2) is 0 Å². The van der Waals surface area contributed by atoms with Crippen molar-refractivity contribution in [1.82, 2.24) is 0 Å². The Balaban J connectivity index is 0.000000172. The molecule has 0 aliphatic heterocycles. The Kier molecular flexibility index (Phi) is 11.0. The number of unbranched alkanes of at least 4 members (excludes halogenated alkanes) is 1. The molecule has 0 spiro atoms. The lowest BCUT2D eigenvalue weighted by molar-refractivity contribution is 0.00254. The van der Waals surface area contributed by atoms with E-state index < -0.39 is 0 Å². The zero-order valence-electron chi connectivity index (χ0n) is 24.8. The molecule has 0 N–H and O–H groups in total. The second kappa shape index (κ2) is 13.7. The highest BCUT2D eigenvalue weighted by Gasteiger charge is 2.47. The van der Waals surface area contributed by atoms with Crippen LogP contribution in [0.1, 0.15) is 157 Å². The summed E-state index contributed by atoms with van der Waals surface area (Å²) in [4.78, 5) is 0. The van der Waals surface area contributed by atoms with Gasteiger partial charge in [0.05, 0.1) is 0 Å². The summed E-state index contributed by atoms with van der Waals surface area (Å²) in [6, 6.07) is 0. The van der Waals surface area contributed by atoms with E-state index in [-0.39, 0.29) is 0 Å². The first-order valence-corrected chi connectivity index (χ1v) is 17.0. The molecular weight excluding hydrogens is 420 g/mol. The molecule has 0 aromatic carbocycles. The van der Waals surface area contributed by atoms with Crippen LogP contribution in [-0.2, 0) is 0 Å². The van der Waals surface area contributed by atoms with E-state index in [1.54, 1.807) is 44.9 Å². The van der Waals surface area contributed by atoms with E-state index in [9.17, 15) is 0 Å². The van der Waals surface area contributed by atoms with E-state index >= 15 is 0 Å². The van der Waals surface area contributed by atoms with Gasteiger partial charge in [0, 0.05) is 0 Å². The van der Waals surface area contributed by atoms with Gasteiger partial charge >= 0.3 is 0 Å². The highest BCUT2D eigenvalue weighted by atomic mass is 14.5. The minimum Gasteiger partial charge on any atom is -0.0654 e. The fraction of sp³-hybridized carbons (Fsp3) is 1.00. The molecule has 0 nitrogen and oxygen atoms in total. The van der Waals surface area contributed by atoms with Crippen molar-refractivity contribution in [3.05, 3.63) is 0 Å². The van der Waals surface area contributed by atoms with Crippen molar-refractivity contribution in [2.45, 2.75) is 157 Å². The van der Waals surface area contributed by atoms with Crippen molar-refractivity contribution in [3.63, 3.8) is 0 Å². The van der Waals surface area contributed by atoms with Gasteiger partial charge in [-0.3, -0.25) is 0 Å². The number of hydrogen-bond acceptors (Lipinski definition) is 0. The quantitative estimate of drug-likeness (QED) is 0.351. The molecular formula is C35H64. The third-order valence-electron chi connectivity index (χ3n) is 12.5. The Hall–Kier alpha value is 0. The Bertz CT molecular complexity index is 587. The van der Waals surface area contributed by atoms with Crippen LogP contribution >= 0.6 is 0 Å². The van der Waals surface area contributed by atoms with Gasteiger partial charge in [0.2, 0.25) is 0 Å². The van der Waals surface area contributed by atoms with Crippen molar-refractivity contribution in [3.8, 4) is 0 Å². The van der Waals surface area contributed by atoms with Gasteiger partial charge in [-0.2, -0.15) is 0 Å². The smallest absolute Gasteiger partial charge is 0.0324 e. The molecule has 0 aromatic rings. The molecule has 5 rings (SSSR count). The molecule has 5 aliphatic rings. The minimum absolute atomic E-state index is 1.01. The zero-order chi connectivity index (χ0) is 24.8. The summed E-state index contributed by atoms with van der Waals surface area (Å²) in [7, 11) is 0. The first kappa shape index (κ1) is 28.0. The third kappa shape index (κ3) is 7.11. The number of rotatable bonds is 6. The SMILES string of the molecule is CCC1CCC(C2CCC(C)C2)C(C)C1.CCCCC1C(C)CC2CCCC2C1C1CCCCC1. The molecule has 5 aliphatic carbocycles. The first-order chi connectivity index (χ1) is 17.0. The van der Waals surface area contributed by atoms with Crippen LogP contribution in [0.25, 0.3) is 0 Å². The molecule has 204 valence electrons. The predicted molar refractivity (Wildman–Crippen MR) is 154 cm³/mol. The van der Waals surface area contributed by atoms with E-state index in [4.69, 9.17) is 0 Å². The standard InChI is InChI=1S/C20H36.C15H28/c1-3-4-12-18-15(2)14-17-11-8-13-19(17)20(18)16-9-6-5-7-10-16;1-4-13-6-8-15(12(3)10-13)14-7-5-11(2)9-14/h15-20H,3-14H2,1-2H3;11-15H,4-10H2,1-3H3. The monoisotopic (exact) mass is 485 g/mol. The van der Waals surface area contributed by atoms with Crippen molar-refractivity contribution >= 4 is 0 Å². The third-order valence-corrected chi connectivity index (χ3v) is 12.5. The molecule has 10 atom stereocenters. The Morgan fingerprint density at radius 2 is 1.31 bits per heavy atom. The molecule has 0 amide bonds.